The predicted octanol–water partition coefficient (Wildman–Crippen LogP) is 3.68. The summed E-state index contributed by atoms with van der Waals surface area (Å²) in [5.74, 6) is 1.68. The highest BCUT2D eigenvalue weighted by atomic mass is 35.5. The topological polar surface area (TPSA) is 35.2 Å². The van der Waals surface area contributed by atoms with Gasteiger partial charge < -0.3 is 10.5 Å². The molecule has 0 bridgehead atoms. The summed E-state index contributed by atoms with van der Waals surface area (Å²) < 4.78 is 6.24. The summed E-state index contributed by atoms with van der Waals surface area (Å²) in [6.07, 6.45) is 4.42. The van der Waals surface area contributed by atoms with Crippen LogP contribution >= 0.6 is 11.6 Å². The lowest BCUT2D eigenvalue weighted by atomic mass is 9.86. The van der Waals surface area contributed by atoms with Gasteiger partial charge in [-0.05, 0) is 43.4 Å². The molecule has 1 aromatic rings. The third kappa shape index (κ3) is 1.94. The molecular formula is C14H18ClNO. The Morgan fingerprint density at radius 2 is 2.24 bits per heavy atom. The average Bonchev–Trinajstić information content (AvgIpc) is 2.61. The highest BCUT2D eigenvalue weighted by Gasteiger charge is 2.44. The zero-order chi connectivity index (χ0) is 12.0. The minimum Gasteiger partial charge on any atom is -0.487 e. The SMILES string of the molecule is CC1CCC2(C1)CC(N)c1cc(Cl)ccc1O2. The number of rotatable bonds is 0. The van der Waals surface area contributed by atoms with Gasteiger partial charge in [0.2, 0.25) is 0 Å². The third-order valence-corrected chi connectivity index (χ3v) is 4.34. The van der Waals surface area contributed by atoms with Crippen molar-refractivity contribution in [2.45, 2.75) is 44.2 Å². The summed E-state index contributed by atoms with van der Waals surface area (Å²) >= 11 is 6.01. The van der Waals surface area contributed by atoms with Crippen molar-refractivity contribution in [3.8, 4) is 5.75 Å². The van der Waals surface area contributed by atoms with Crippen molar-refractivity contribution in [2.24, 2.45) is 11.7 Å². The zero-order valence-corrected chi connectivity index (χ0v) is 10.8. The van der Waals surface area contributed by atoms with E-state index in [4.69, 9.17) is 22.1 Å². The molecule has 0 radical (unpaired) electrons. The van der Waals surface area contributed by atoms with Crippen LogP contribution in [0.25, 0.3) is 0 Å². The van der Waals surface area contributed by atoms with E-state index < -0.39 is 0 Å². The van der Waals surface area contributed by atoms with Gasteiger partial charge in [0.25, 0.3) is 0 Å². The van der Waals surface area contributed by atoms with Gasteiger partial charge in [0.15, 0.2) is 0 Å². The van der Waals surface area contributed by atoms with E-state index >= 15 is 0 Å². The van der Waals surface area contributed by atoms with E-state index in [9.17, 15) is 0 Å². The molecule has 2 nitrogen and oxygen atoms in total. The van der Waals surface area contributed by atoms with Crippen molar-refractivity contribution >= 4 is 11.6 Å². The summed E-state index contributed by atoms with van der Waals surface area (Å²) in [6.45, 7) is 2.29. The highest BCUT2D eigenvalue weighted by molar-refractivity contribution is 6.30. The number of hydrogen-bond acceptors (Lipinski definition) is 2. The predicted molar refractivity (Wildman–Crippen MR) is 69.4 cm³/mol. The second-order valence-electron chi connectivity index (χ2n) is 5.63. The van der Waals surface area contributed by atoms with Crippen LogP contribution < -0.4 is 10.5 Å². The molecule has 0 amide bonds. The minimum absolute atomic E-state index is 0.0142. The molecule has 1 aliphatic heterocycles. The Bertz CT molecular complexity index is 448. The van der Waals surface area contributed by atoms with E-state index in [-0.39, 0.29) is 11.6 Å². The van der Waals surface area contributed by atoms with E-state index in [0.29, 0.717) is 0 Å². The summed E-state index contributed by atoms with van der Waals surface area (Å²) in [5, 5.41) is 0.735. The van der Waals surface area contributed by atoms with Crippen molar-refractivity contribution in [3.05, 3.63) is 28.8 Å². The van der Waals surface area contributed by atoms with Crippen molar-refractivity contribution < 1.29 is 4.74 Å². The first-order valence-electron chi connectivity index (χ1n) is 6.32. The molecule has 1 fully saturated rings. The van der Waals surface area contributed by atoms with E-state index in [1.54, 1.807) is 0 Å². The molecule has 1 spiro atoms. The molecule has 1 aliphatic carbocycles. The van der Waals surface area contributed by atoms with E-state index in [2.05, 4.69) is 6.92 Å². The number of fused-ring (bicyclic) bond motifs is 1. The smallest absolute Gasteiger partial charge is 0.125 e. The summed E-state index contributed by atoms with van der Waals surface area (Å²) in [4.78, 5) is 0. The van der Waals surface area contributed by atoms with E-state index in [1.165, 1.54) is 6.42 Å². The molecule has 1 saturated carbocycles. The highest BCUT2D eigenvalue weighted by Crippen LogP contribution is 2.48. The van der Waals surface area contributed by atoms with Gasteiger partial charge in [-0.3, -0.25) is 0 Å². The Labute approximate surface area is 107 Å². The summed E-state index contributed by atoms with van der Waals surface area (Å²) in [7, 11) is 0. The van der Waals surface area contributed by atoms with Crippen LogP contribution in [0.3, 0.4) is 0 Å². The molecule has 3 unspecified atom stereocenters. The monoisotopic (exact) mass is 251 g/mol. The Hall–Kier alpha value is -0.730. The summed E-state index contributed by atoms with van der Waals surface area (Å²) in [6, 6.07) is 5.83. The number of hydrogen-bond donors (Lipinski definition) is 1. The Balaban J connectivity index is 1.96. The molecular weight excluding hydrogens is 234 g/mol. The molecule has 17 heavy (non-hydrogen) atoms. The van der Waals surface area contributed by atoms with Gasteiger partial charge in [-0.15, -0.1) is 0 Å². The average molecular weight is 252 g/mol. The largest absolute Gasteiger partial charge is 0.487 e. The van der Waals surface area contributed by atoms with Crippen LogP contribution in [0.5, 0.6) is 5.75 Å². The molecule has 1 heterocycles. The summed E-state index contributed by atoms with van der Waals surface area (Å²) in [5.41, 5.74) is 7.32. The lowest BCUT2D eigenvalue weighted by Gasteiger charge is -2.39. The number of benzene rings is 1. The lowest BCUT2D eigenvalue weighted by Crippen LogP contribution is -2.40. The maximum Gasteiger partial charge on any atom is 0.125 e. The maximum absolute atomic E-state index is 6.28. The van der Waals surface area contributed by atoms with Crippen molar-refractivity contribution in [1.29, 1.82) is 0 Å². The fourth-order valence-electron chi connectivity index (χ4n) is 3.31. The van der Waals surface area contributed by atoms with Crippen LogP contribution in [0.4, 0.5) is 0 Å². The third-order valence-electron chi connectivity index (χ3n) is 4.10. The molecule has 3 rings (SSSR count). The van der Waals surface area contributed by atoms with Gasteiger partial charge in [-0.25, -0.2) is 0 Å². The van der Waals surface area contributed by atoms with E-state index in [0.717, 1.165) is 41.5 Å². The number of halogens is 1. The second-order valence-corrected chi connectivity index (χ2v) is 6.06. The lowest BCUT2D eigenvalue weighted by molar-refractivity contribution is 0.0393. The molecule has 3 atom stereocenters. The Kier molecular flexibility index (Phi) is 2.60. The van der Waals surface area contributed by atoms with Crippen LogP contribution in [-0.4, -0.2) is 5.60 Å². The Morgan fingerprint density at radius 3 is 2.94 bits per heavy atom. The normalized spacial score (nSPS) is 35.7. The van der Waals surface area contributed by atoms with Gasteiger partial charge >= 0.3 is 0 Å². The van der Waals surface area contributed by atoms with Crippen molar-refractivity contribution in [1.82, 2.24) is 0 Å². The van der Waals surface area contributed by atoms with Gasteiger partial charge in [-0.2, -0.15) is 0 Å². The molecule has 92 valence electrons. The molecule has 3 heteroatoms. The van der Waals surface area contributed by atoms with Crippen LogP contribution in [0, 0.1) is 5.92 Å². The first-order chi connectivity index (χ1) is 8.08. The first kappa shape index (κ1) is 11.4. The Morgan fingerprint density at radius 1 is 1.41 bits per heavy atom. The van der Waals surface area contributed by atoms with Crippen LogP contribution in [0.15, 0.2) is 18.2 Å². The van der Waals surface area contributed by atoms with Gasteiger partial charge in [0, 0.05) is 23.0 Å². The number of ether oxygens (including phenoxy) is 1. The van der Waals surface area contributed by atoms with Crippen molar-refractivity contribution in [3.63, 3.8) is 0 Å². The molecule has 2 aliphatic rings. The van der Waals surface area contributed by atoms with Crippen LogP contribution in [-0.2, 0) is 0 Å². The zero-order valence-electron chi connectivity index (χ0n) is 10.1. The molecule has 0 aromatic heterocycles. The number of nitrogens with two attached hydrogens (primary N) is 1. The second kappa shape index (κ2) is 3.89. The molecule has 2 N–H and O–H groups in total. The van der Waals surface area contributed by atoms with Crippen LogP contribution in [0.2, 0.25) is 5.02 Å². The maximum atomic E-state index is 6.28. The molecule has 1 aromatic carbocycles. The minimum atomic E-state index is -0.0142. The standard InChI is InChI=1S/C14H18ClNO/c1-9-4-5-14(7-9)8-12(16)11-6-10(15)2-3-13(11)17-14/h2-3,6,9,12H,4-5,7-8,16H2,1H3. The van der Waals surface area contributed by atoms with Crippen LogP contribution in [0.1, 0.15) is 44.2 Å². The van der Waals surface area contributed by atoms with Crippen molar-refractivity contribution in [2.75, 3.05) is 0 Å². The first-order valence-corrected chi connectivity index (χ1v) is 6.70. The van der Waals surface area contributed by atoms with Gasteiger partial charge in [-0.1, -0.05) is 18.5 Å². The molecule has 0 saturated heterocycles. The quantitative estimate of drug-likeness (QED) is 0.763. The van der Waals surface area contributed by atoms with Gasteiger partial charge in [0.1, 0.15) is 11.4 Å². The fraction of sp³-hybridized carbons (Fsp3) is 0.571. The van der Waals surface area contributed by atoms with Gasteiger partial charge in [0.05, 0.1) is 0 Å². The fourth-order valence-corrected chi connectivity index (χ4v) is 3.49. The van der Waals surface area contributed by atoms with E-state index in [1.807, 2.05) is 18.2 Å².